The SMILES string of the molecule is CCOc1ccc(-c2ccc(OC(=O)c3ccc(C4CCC(C(C)O)CC4)c(F)c3F)cc2)c(F)c1. The van der Waals surface area contributed by atoms with Crippen LogP contribution in [0.1, 0.15) is 61.4 Å². The van der Waals surface area contributed by atoms with E-state index >= 15 is 0 Å². The van der Waals surface area contributed by atoms with Crippen molar-refractivity contribution < 1.29 is 32.5 Å². The Balaban J connectivity index is 1.45. The van der Waals surface area contributed by atoms with E-state index < -0.39 is 35.1 Å². The molecule has 1 N–H and O–H groups in total. The van der Waals surface area contributed by atoms with Gasteiger partial charge in [-0.3, -0.25) is 0 Å². The van der Waals surface area contributed by atoms with Crippen LogP contribution in [0.25, 0.3) is 11.1 Å². The molecule has 0 amide bonds. The Morgan fingerprint density at radius 1 is 0.944 bits per heavy atom. The maximum absolute atomic E-state index is 14.9. The van der Waals surface area contributed by atoms with Crippen molar-refractivity contribution in [2.24, 2.45) is 5.92 Å². The standard InChI is InChI=1S/C29H29F3O4/c1-3-35-22-12-13-23(26(30)16-22)19-8-10-21(11-9-19)36-29(34)25-15-14-24(27(31)28(25)32)20-6-4-18(5-7-20)17(2)33/h8-18,20,33H,3-7H2,1-2H3. The number of halogens is 3. The van der Waals surface area contributed by atoms with Crippen LogP contribution in [-0.4, -0.2) is 23.8 Å². The lowest BCUT2D eigenvalue weighted by Crippen LogP contribution is -2.23. The van der Waals surface area contributed by atoms with Crippen LogP contribution in [0.2, 0.25) is 0 Å². The zero-order valence-corrected chi connectivity index (χ0v) is 20.3. The summed E-state index contributed by atoms with van der Waals surface area (Å²) in [5, 5.41) is 9.76. The van der Waals surface area contributed by atoms with Crippen LogP contribution < -0.4 is 9.47 Å². The van der Waals surface area contributed by atoms with Crippen LogP contribution in [0.4, 0.5) is 13.2 Å². The summed E-state index contributed by atoms with van der Waals surface area (Å²) in [6.07, 6.45) is 2.36. The first-order chi connectivity index (χ1) is 17.3. The quantitative estimate of drug-likeness (QED) is 0.280. The molecule has 1 aliphatic rings. The number of hydrogen-bond donors (Lipinski definition) is 1. The van der Waals surface area contributed by atoms with Crippen LogP contribution in [0.5, 0.6) is 11.5 Å². The molecule has 0 aliphatic heterocycles. The summed E-state index contributed by atoms with van der Waals surface area (Å²) in [7, 11) is 0. The van der Waals surface area contributed by atoms with Gasteiger partial charge in [0.15, 0.2) is 11.6 Å². The van der Waals surface area contributed by atoms with Crippen molar-refractivity contribution >= 4 is 5.97 Å². The number of carbonyl (C=O) groups excluding carboxylic acids is 1. The lowest BCUT2D eigenvalue weighted by molar-refractivity contribution is 0.0728. The second-order valence-corrected chi connectivity index (χ2v) is 9.17. The van der Waals surface area contributed by atoms with E-state index in [-0.39, 0.29) is 23.1 Å². The van der Waals surface area contributed by atoms with Crippen molar-refractivity contribution in [3.8, 4) is 22.6 Å². The molecule has 4 nitrogen and oxygen atoms in total. The number of aliphatic hydroxyl groups is 1. The Bertz CT molecular complexity index is 1220. The number of ether oxygens (including phenoxy) is 2. The minimum atomic E-state index is -1.23. The van der Waals surface area contributed by atoms with Crippen LogP contribution in [0.15, 0.2) is 54.6 Å². The molecule has 0 heterocycles. The van der Waals surface area contributed by atoms with Gasteiger partial charge in [0.1, 0.15) is 17.3 Å². The average molecular weight is 499 g/mol. The maximum Gasteiger partial charge on any atom is 0.346 e. The molecule has 36 heavy (non-hydrogen) atoms. The second kappa shape index (κ2) is 11.2. The van der Waals surface area contributed by atoms with Crippen LogP contribution >= 0.6 is 0 Å². The van der Waals surface area contributed by atoms with Crippen LogP contribution in [0, 0.1) is 23.4 Å². The van der Waals surface area contributed by atoms with Crippen molar-refractivity contribution in [3.05, 3.63) is 83.2 Å². The van der Waals surface area contributed by atoms with E-state index in [4.69, 9.17) is 9.47 Å². The van der Waals surface area contributed by atoms with Crippen molar-refractivity contribution in [1.82, 2.24) is 0 Å². The monoisotopic (exact) mass is 498 g/mol. The summed E-state index contributed by atoms with van der Waals surface area (Å²) < 4.78 is 54.7. The van der Waals surface area contributed by atoms with E-state index in [0.29, 0.717) is 36.3 Å². The average Bonchev–Trinajstić information content (AvgIpc) is 2.86. The molecule has 190 valence electrons. The number of aliphatic hydroxyl groups excluding tert-OH is 1. The summed E-state index contributed by atoms with van der Waals surface area (Å²) in [6.45, 7) is 3.99. The Morgan fingerprint density at radius 2 is 1.61 bits per heavy atom. The van der Waals surface area contributed by atoms with E-state index in [0.717, 1.165) is 12.8 Å². The Hall–Kier alpha value is -3.32. The fourth-order valence-corrected chi connectivity index (χ4v) is 4.80. The highest BCUT2D eigenvalue weighted by Gasteiger charge is 2.29. The third kappa shape index (κ3) is 5.57. The molecular weight excluding hydrogens is 469 g/mol. The molecule has 4 rings (SSSR count). The molecule has 0 bridgehead atoms. The van der Waals surface area contributed by atoms with E-state index in [9.17, 15) is 23.1 Å². The molecule has 3 aromatic carbocycles. The smallest absolute Gasteiger partial charge is 0.346 e. The highest BCUT2D eigenvalue weighted by atomic mass is 19.2. The highest BCUT2D eigenvalue weighted by molar-refractivity contribution is 5.91. The maximum atomic E-state index is 14.9. The molecule has 0 saturated heterocycles. The van der Waals surface area contributed by atoms with Gasteiger partial charge >= 0.3 is 5.97 Å². The topological polar surface area (TPSA) is 55.8 Å². The normalized spacial score (nSPS) is 18.5. The number of hydrogen-bond acceptors (Lipinski definition) is 4. The first-order valence-electron chi connectivity index (χ1n) is 12.2. The first kappa shape index (κ1) is 25.8. The third-order valence-corrected chi connectivity index (χ3v) is 6.85. The van der Waals surface area contributed by atoms with Gasteiger partial charge in [-0.25, -0.2) is 18.0 Å². The molecule has 1 unspecified atom stereocenters. The van der Waals surface area contributed by atoms with Gasteiger partial charge in [-0.1, -0.05) is 18.2 Å². The van der Waals surface area contributed by atoms with Gasteiger partial charge in [-0.15, -0.1) is 0 Å². The van der Waals surface area contributed by atoms with Crippen molar-refractivity contribution in [2.45, 2.75) is 51.6 Å². The number of esters is 1. The molecule has 1 aliphatic carbocycles. The zero-order valence-electron chi connectivity index (χ0n) is 20.3. The molecule has 1 saturated carbocycles. The minimum absolute atomic E-state index is 0.121. The van der Waals surface area contributed by atoms with E-state index in [1.165, 1.54) is 30.3 Å². The Morgan fingerprint density at radius 3 is 2.22 bits per heavy atom. The summed E-state index contributed by atoms with van der Waals surface area (Å²) in [5.74, 6) is -3.18. The predicted octanol–water partition coefficient (Wildman–Crippen LogP) is 7.04. The molecule has 1 fully saturated rings. The molecule has 1 atom stereocenters. The lowest BCUT2D eigenvalue weighted by Gasteiger charge is -2.30. The number of rotatable bonds is 7. The third-order valence-electron chi connectivity index (χ3n) is 6.85. The van der Waals surface area contributed by atoms with E-state index in [2.05, 4.69) is 0 Å². The van der Waals surface area contributed by atoms with Gasteiger partial charge in [0.05, 0.1) is 18.3 Å². The molecule has 7 heteroatoms. The number of benzene rings is 3. The van der Waals surface area contributed by atoms with E-state index in [1.54, 1.807) is 31.2 Å². The number of carbonyl (C=O) groups is 1. The van der Waals surface area contributed by atoms with Gasteiger partial charge in [-0.2, -0.15) is 0 Å². The summed E-state index contributed by atoms with van der Waals surface area (Å²) >= 11 is 0. The van der Waals surface area contributed by atoms with Crippen LogP contribution in [0.3, 0.4) is 0 Å². The molecular formula is C29H29F3O4. The van der Waals surface area contributed by atoms with Gasteiger partial charge in [0, 0.05) is 11.6 Å². The molecule has 0 spiro atoms. The Labute approximate surface area is 208 Å². The molecule has 0 radical (unpaired) electrons. The molecule has 3 aromatic rings. The summed E-state index contributed by atoms with van der Waals surface area (Å²) in [4.78, 5) is 12.6. The van der Waals surface area contributed by atoms with Crippen LogP contribution in [-0.2, 0) is 0 Å². The van der Waals surface area contributed by atoms with E-state index in [1.807, 2.05) is 6.92 Å². The first-order valence-corrected chi connectivity index (χ1v) is 12.2. The zero-order chi connectivity index (χ0) is 25.8. The predicted molar refractivity (Wildman–Crippen MR) is 131 cm³/mol. The van der Waals surface area contributed by atoms with Gasteiger partial charge in [0.25, 0.3) is 0 Å². The fraction of sp³-hybridized carbons (Fsp3) is 0.345. The lowest BCUT2D eigenvalue weighted by atomic mass is 9.76. The summed E-state index contributed by atoms with van der Waals surface area (Å²) in [6, 6.07) is 13.3. The van der Waals surface area contributed by atoms with Gasteiger partial charge < -0.3 is 14.6 Å². The molecule has 0 aromatic heterocycles. The fourth-order valence-electron chi connectivity index (χ4n) is 4.80. The van der Waals surface area contributed by atoms with Crippen molar-refractivity contribution in [1.29, 1.82) is 0 Å². The largest absolute Gasteiger partial charge is 0.494 e. The minimum Gasteiger partial charge on any atom is -0.494 e. The second-order valence-electron chi connectivity index (χ2n) is 9.17. The highest BCUT2D eigenvalue weighted by Crippen LogP contribution is 2.39. The van der Waals surface area contributed by atoms with Crippen molar-refractivity contribution in [3.63, 3.8) is 0 Å². The van der Waals surface area contributed by atoms with Crippen molar-refractivity contribution in [2.75, 3.05) is 6.61 Å². The Kier molecular flexibility index (Phi) is 7.99. The summed E-state index contributed by atoms with van der Waals surface area (Å²) in [5.41, 5.74) is 0.662. The van der Waals surface area contributed by atoms with Gasteiger partial charge in [0.2, 0.25) is 0 Å². The van der Waals surface area contributed by atoms with Gasteiger partial charge in [-0.05, 0) is 92.8 Å².